The minimum Gasteiger partial charge on any atom is -0.324 e. The van der Waals surface area contributed by atoms with Gasteiger partial charge in [-0.1, -0.05) is 22.0 Å². The Morgan fingerprint density at radius 3 is 2.33 bits per heavy atom. The Bertz CT molecular complexity index is 269. The van der Waals surface area contributed by atoms with Crippen LogP contribution in [0.2, 0.25) is 0 Å². The van der Waals surface area contributed by atoms with E-state index in [1.165, 1.54) is 16.7 Å². The third-order valence-corrected chi connectivity index (χ3v) is 2.98. The molecule has 12 heavy (non-hydrogen) atoms. The van der Waals surface area contributed by atoms with Gasteiger partial charge in [0.15, 0.2) is 0 Å². The first-order valence-corrected chi connectivity index (χ1v) is 4.84. The van der Waals surface area contributed by atoms with Gasteiger partial charge in [-0.2, -0.15) is 0 Å². The molecule has 0 heterocycles. The molecule has 66 valence electrons. The fraction of sp³-hybridized carbons (Fsp3) is 0.400. The first kappa shape index (κ1) is 9.75. The van der Waals surface area contributed by atoms with Crippen LogP contribution in [0.5, 0.6) is 0 Å². The molecule has 2 N–H and O–H groups in total. The molecule has 1 unspecified atom stereocenters. The van der Waals surface area contributed by atoms with E-state index in [2.05, 4.69) is 41.9 Å². The van der Waals surface area contributed by atoms with E-state index >= 15 is 0 Å². The van der Waals surface area contributed by atoms with Crippen LogP contribution in [0.25, 0.3) is 0 Å². The molecule has 1 nitrogen and oxygen atoms in total. The highest BCUT2D eigenvalue weighted by atomic mass is 79.9. The van der Waals surface area contributed by atoms with Crippen LogP contribution < -0.4 is 5.73 Å². The first-order valence-electron chi connectivity index (χ1n) is 4.04. The van der Waals surface area contributed by atoms with E-state index in [1.54, 1.807) is 0 Å². The molecule has 1 atom stereocenters. The van der Waals surface area contributed by atoms with Crippen molar-refractivity contribution in [1.82, 2.24) is 0 Å². The lowest BCUT2D eigenvalue weighted by Crippen LogP contribution is -2.05. The average molecular weight is 228 g/mol. The molecule has 1 aromatic carbocycles. The first-order chi connectivity index (χ1) is 5.52. The van der Waals surface area contributed by atoms with Crippen molar-refractivity contribution in [3.63, 3.8) is 0 Å². The minimum atomic E-state index is 0.112. The van der Waals surface area contributed by atoms with Crippen LogP contribution in [0.15, 0.2) is 16.6 Å². The van der Waals surface area contributed by atoms with Crippen LogP contribution in [0.3, 0.4) is 0 Å². The summed E-state index contributed by atoms with van der Waals surface area (Å²) in [4.78, 5) is 0. The van der Waals surface area contributed by atoms with Crippen LogP contribution >= 0.6 is 15.9 Å². The molecule has 0 radical (unpaired) electrons. The molecular weight excluding hydrogens is 214 g/mol. The molecule has 0 saturated carbocycles. The summed E-state index contributed by atoms with van der Waals surface area (Å²) in [7, 11) is 0. The van der Waals surface area contributed by atoms with Crippen molar-refractivity contribution in [2.45, 2.75) is 26.8 Å². The van der Waals surface area contributed by atoms with Crippen LogP contribution in [-0.4, -0.2) is 0 Å². The molecule has 1 aromatic rings. The second kappa shape index (κ2) is 3.58. The third kappa shape index (κ3) is 1.87. The van der Waals surface area contributed by atoms with Crippen molar-refractivity contribution < 1.29 is 0 Å². The minimum absolute atomic E-state index is 0.112. The molecule has 0 aromatic heterocycles. The van der Waals surface area contributed by atoms with Gasteiger partial charge in [-0.25, -0.2) is 0 Å². The van der Waals surface area contributed by atoms with Crippen LogP contribution in [-0.2, 0) is 0 Å². The summed E-state index contributed by atoms with van der Waals surface area (Å²) in [5.74, 6) is 0. The highest BCUT2D eigenvalue weighted by Gasteiger charge is 2.04. The monoisotopic (exact) mass is 227 g/mol. The molecule has 1 rings (SSSR count). The number of aryl methyl sites for hydroxylation is 1. The Hall–Kier alpha value is -0.340. The molecule has 0 aliphatic carbocycles. The molecule has 0 aliphatic rings. The second-order valence-corrected chi connectivity index (χ2v) is 4.09. The summed E-state index contributed by atoms with van der Waals surface area (Å²) < 4.78 is 1.15. The summed E-state index contributed by atoms with van der Waals surface area (Å²) in [6, 6.07) is 4.35. The zero-order valence-corrected chi connectivity index (χ0v) is 9.27. The van der Waals surface area contributed by atoms with E-state index in [4.69, 9.17) is 5.73 Å². The molecule has 2 heteroatoms. The Kier molecular flexibility index (Phi) is 2.91. The molecule has 0 aliphatic heterocycles. The maximum absolute atomic E-state index is 5.78. The van der Waals surface area contributed by atoms with Gasteiger partial charge in [0.05, 0.1) is 0 Å². The van der Waals surface area contributed by atoms with Gasteiger partial charge in [-0.3, -0.25) is 0 Å². The van der Waals surface area contributed by atoms with E-state index in [0.29, 0.717) is 0 Å². The van der Waals surface area contributed by atoms with E-state index < -0.39 is 0 Å². The Labute approximate surface area is 82.1 Å². The lowest BCUT2D eigenvalue weighted by atomic mass is 10.0. The van der Waals surface area contributed by atoms with Crippen LogP contribution in [0.1, 0.15) is 29.7 Å². The summed E-state index contributed by atoms with van der Waals surface area (Å²) in [6.45, 7) is 6.20. The van der Waals surface area contributed by atoms with Gasteiger partial charge < -0.3 is 5.73 Å². The lowest BCUT2D eigenvalue weighted by molar-refractivity contribution is 0.815. The zero-order chi connectivity index (χ0) is 9.30. The molecule has 0 spiro atoms. The van der Waals surface area contributed by atoms with E-state index in [0.717, 1.165) is 4.47 Å². The normalized spacial score (nSPS) is 13.1. The number of hydrogen-bond acceptors (Lipinski definition) is 1. The number of hydrogen-bond donors (Lipinski definition) is 1. The van der Waals surface area contributed by atoms with E-state index in [1.807, 2.05) is 6.92 Å². The highest BCUT2D eigenvalue weighted by molar-refractivity contribution is 9.10. The van der Waals surface area contributed by atoms with Crippen molar-refractivity contribution in [2.24, 2.45) is 5.73 Å². The number of benzene rings is 1. The van der Waals surface area contributed by atoms with Gasteiger partial charge in [0.1, 0.15) is 0 Å². The van der Waals surface area contributed by atoms with E-state index in [-0.39, 0.29) is 6.04 Å². The van der Waals surface area contributed by atoms with Gasteiger partial charge in [-0.05, 0) is 43.5 Å². The summed E-state index contributed by atoms with van der Waals surface area (Å²) >= 11 is 3.51. The second-order valence-electron chi connectivity index (χ2n) is 3.23. The van der Waals surface area contributed by atoms with Crippen molar-refractivity contribution in [3.05, 3.63) is 33.3 Å². The van der Waals surface area contributed by atoms with Gasteiger partial charge in [0, 0.05) is 10.5 Å². The smallest absolute Gasteiger partial charge is 0.0266 e. The lowest BCUT2D eigenvalue weighted by Gasteiger charge is -2.10. The fourth-order valence-corrected chi connectivity index (χ4v) is 1.68. The van der Waals surface area contributed by atoms with Gasteiger partial charge >= 0.3 is 0 Å². The summed E-state index contributed by atoms with van der Waals surface area (Å²) in [5.41, 5.74) is 9.55. The molecular formula is C10H14BrN. The van der Waals surface area contributed by atoms with Crippen molar-refractivity contribution in [3.8, 4) is 0 Å². The molecule has 0 amide bonds. The zero-order valence-electron chi connectivity index (χ0n) is 7.69. The molecule has 0 bridgehead atoms. The van der Waals surface area contributed by atoms with Crippen molar-refractivity contribution >= 4 is 15.9 Å². The van der Waals surface area contributed by atoms with Crippen molar-refractivity contribution in [1.29, 1.82) is 0 Å². The van der Waals surface area contributed by atoms with E-state index in [9.17, 15) is 0 Å². The topological polar surface area (TPSA) is 26.0 Å². The predicted octanol–water partition coefficient (Wildman–Crippen LogP) is 3.09. The molecule has 0 fully saturated rings. The average Bonchev–Trinajstić information content (AvgIpc) is 1.99. The Balaban J connectivity index is 3.21. The number of halogens is 1. The van der Waals surface area contributed by atoms with Crippen LogP contribution in [0, 0.1) is 13.8 Å². The Morgan fingerprint density at radius 1 is 1.33 bits per heavy atom. The van der Waals surface area contributed by atoms with Gasteiger partial charge in [-0.15, -0.1) is 0 Å². The van der Waals surface area contributed by atoms with Gasteiger partial charge in [0.25, 0.3) is 0 Å². The van der Waals surface area contributed by atoms with Crippen molar-refractivity contribution in [2.75, 3.05) is 0 Å². The predicted molar refractivity (Wildman–Crippen MR) is 56.2 cm³/mol. The van der Waals surface area contributed by atoms with Crippen LogP contribution in [0.4, 0.5) is 0 Å². The Morgan fingerprint density at radius 2 is 1.92 bits per heavy atom. The molecule has 0 saturated heterocycles. The highest BCUT2D eigenvalue weighted by Crippen LogP contribution is 2.23. The summed E-state index contributed by atoms with van der Waals surface area (Å²) in [5, 5.41) is 0. The SMILES string of the molecule is Cc1cc(C(C)N)cc(Br)c1C. The largest absolute Gasteiger partial charge is 0.324 e. The fourth-order valence-electron chi connectivity index (χ4n) is 1.11. The standard InChI is InChI=1S/C10H14BrN/c1-6-4-9(8(3)12)5-10(11)7(6)2/h4-5,8H,12H2,1-3H3. The summed E-state index contributed by atoms with van der Waals surface area (Å²) in [6.07, 6.45) is 0. The quantitative estimate of drug-likeness (QED) is 0.785. The third-order valence-electron chi connectivity index (χ3n) is 2.15. The maximum Gasteiger partial charge on any atom is 0.0266 e. The van der Waals surface area contributed by atoms with Gasteiger partial charge in [0.2, 0.25) is 0 Å². The number of rotatable bonds is 1. The number of nitrogens with two attached hydrogens (primary N) is 1. The maximum atomic E-state index is 5.78.